The van der Waals surface area contributed by atoms with Crippen molar-refractivity contribution in [3.05, 3.63) is 40.9 Å². The Morgan fingerprint density at radius 1 is 1.06 bits per heavy atom. The molecule has 6 nitrogen and oxygen atoms in total. The maximum absolute atomic E-state index is 12.8. The van der Waals surface area contributed by atoms with Crippen molar-refractivity contribution in [3.8, 4) is 0 Å². The van der Waals surface area contributed by atoms with Gasteiger partial charge >= 0.3 is 6.03 Å². The van der Waals surface area contributed by atoms with Crippen molar-refractivity contribution >= 4 is 28.2 Å². The number of rotatable bonds is 2. The van der Waals surface area contributed by atoms with Crippen molar-refractivity contribution in [2.45, 2.75) is 50.5 Å². The van der Waals surface area contributed by atoms with E-state index in [0.717, 1.165) is 44.8 Å². The topological polar surface area (TPSA) is 42.9 Å². The number of carbonyl (C=O) groups is 1. The highest BCUT2D eigenvalue weighted by atomic mass is 32.1. The van der Waals surface area contributed by atoms with Crippen molar-refractivity contribution in [1.29, 1.82) is 0 Å². The van der Waals surface area contributed by atoms with Crippen LogP contribution in [0, 0.1) is 6.92 Å². The quantitative estimate of drug-likeness (QED) is 0.678. The van der Waals surface area contributed by atoms with Crippen LogP contribution in [0.4, 0.5) is 15.6 Å². The molecule has 0 unspecified atom stereocenters. The standard InChI is InChI=1S/C25H35N5OS/c1-19-18-26-23(32-19)29-13-8-20(9-14-29)28-15-10-25(11-16-28)12-17-30(24(31)27(2)3)22-7-5-4-6-21(22)25/h4-7,18,20H,8-17H2,1-3H3. The maximum atomic E-state index is 12.8. The van der Waals surface area contributed by atoms with Gasteiger partial charge in [-0.15, -0.1) is 11.3 Å². The predicted molar refractivity (Wildman–Crippen MR) is 132 cm³/mol. The Bertz CT molecular complexity index is 957. The number of hydrogen-bond donors (Lipinski definition) is 0. The third-order valence-electron chi connectivity index (χ3n) is 7.81. The minimum atomic E-state index is 0.0897. The molecule has 2 amide bonds. The number of thiazole rings is 1. The van der Waals surface area contributed by atoms with Gasteiger partial charge in [0, 0.05) is 61.9 Å². The van der Waals surface area contributed by atoms with Crippen molar-refractivity contribution in [2.75, 3.05) is 56.6 Å². The number of hydrogen-bond acceptors (Lipinski definition) is 5. The average Bonchev–Trinajstić information content (AvgIpc) is 3.26. The van der Waals surface area contributed by atoms with Crippen LogP contribution >= 0.6 is 11.3 Å². The molecular weight excluding hydrogens is 418 g/mol. The summed E-state index contributed by atoms with van der Waals surface area (Å²) in [4.78, 5) is 27.5. The molecule has 2 saturated heterocycles. The van der Waals surface area contributed by atoms with Crippen LogP contribution in [-0.4, -0.2) is 73.7 Å². The first-order valence-electron chi connectivity index (χ1n) is 12.0. The van der Waals surface area contributed by atoms with Gasteiger partial charge in [0.2, 0.25) is 0 Å². The Kier molecular flexibility index (Phi) is 5.88. The highest BCUT2D eigenvalue weighted by Crippen LogP contribution is 2.47. The van der Waals surface area contributed by atoms with E-state index in [0.29, 0.717) is 6.04 Å². The normalized spacial score (nSPS) is 21.6. The van der Waals surface area contributed by atoms with Crippen molar-refractivity contribution in [2.24, 2.45) is 0 Å². The SMILES string of the molecule is Cc1cnc(N2CCC(N3CCC4(CCN(C(=O)N(C)C)c5ccccc54)CC3)CC2)s1. The van der Waals surface area contributed by atoms with E-state index in [1.54, 1.807) is 4.90 Å². The van der Waals surface area contributed by atoms with Crippen LogP contribution < -0.4 is 9.80 Å². The fraction of sp³-hybridized carbons (Fsp3) is 0.600. The summed E-state index contributed by atoms with van der Waals surface area (Å²) < 4.78 is 0. The van der Waals surface area contributed by atoms with Crippen LogP contribution in [0.1, 0.15) is 42.5 Å². The minimum absolute atomic E-state index is 0.0897. The fourth-order valence-corrected chi connectivity index (χ4v) is 6.74. The van der Waals surface area contributed by atoms with Crippen molar-refractivity contribution in [3.63, 3.8) is 0 Å². The predicted octanol–water partition coefficient (Wildman–Crippen LogP) is 4.35. The zero-order chi connectivity index (χ0) is 22.3. The monoisotopic (exact) mass is 453 g/mol. The molecule has 0 atom stereocenters. The number of carbonyl (C=O) groups excluding carboxylic acids is 1. The number of aromatic nitrogens is 1. The molecule has 0 saturated carbocycles. The van der Waals surface area contributed by atoms with Crippen LogP contribution in [0.2, 0.25) is 0 Å². The van der Waals surface area contributed by atoms with E-state index in [-0.39, 0.29) is 11.4 Å². The summed E-state index contributed by atoms with van der Waals surface area (Å²) in [5.41, 5.74) is 2.72. The molecule has 1 aromatic carbocycles. The zero-order valence-electron chi connectivity index (χ0n) is 19.6. The first kappa shape index (κ1) is 21.7. The maximum Gasteiger partial charge on any atom is 0.323 e. The molecule has 2 fully saturated rings. The number of benzene rings is 1. The minimum Gasteiger partial charge on any atom is -0.348 e. The van der Waals surface area contributed by atoms with Crippen LogP contribution in [0.5, 0.6) is 0 Å². The molecule has 1 aromatic heterocycles. The smallest absolute Gasteiger partial charge is 0.323 e. The molecule has 32 heavy (non-hydrogen) atoms. The number of nitrogens with zero attached hydrogens (tertiary/aromatic N) is 5. The molecule has 0 aliphatic carbocycles. The van der Waals surface area contributed by atoms with Gasteiger partial charge in [-0.3, -0.25) is 4.90 Å². The van der Waals surface area contributed by atoms with E-state index >= 15 is 0 Å². The van der Waals surface area contributed by atoms with Gasteiger partial charge < -0.3 is 14.7 Å². The summed E-state index contributed by atoms with van der Waals surface area (Å²) in [5.74, 6) is 0. The second-order valence-electron chi connectivity index (χ2n) is 9.88. The van der Waals surface area contributed by atoms with Crippen LogP contribution in [0.15, 0.2) is 30.5 Å². The fourth-order valence-electron chi connectivity index (χ4n) is 5.93. The number of amides is 2. The third-order valence-corrected chi connectivity index (χ3v) is 8.78. The summed E-state index contributed by atoms with van der Waals surface area (Å²) in [6.45, 7) is 7.51. The Morgan fingerprint density at radius 3 is 2.41 bits per heavy atom. The van der Waals surface area contributed by atoms with E-state index in [1.165, 1.54) is 41.3 Å². The van der Waals surface area contributed by atoms with E-state index in [9.17, 15) is 4.79 Å². The Morgan fingerprint density at radius 2 is 1.75 bits per heavy atom. The molecule has 5 rings (SSSR count). The molecule has 2 aromatic rings. The molecule has 3 aliphatic heterocycles. The molecular formula is C25H35N5OS. The van der Waals surface area contributed by atoms with E-state index in [1.807, 2.05) is 36.5 Å². The summed E-state index contributed by atoms with van der Waals surface area (Å²) in [6.07, 6.45) is 7.91. The molecule has 0 bridgehead atoms. The van der Waals surface area contributed by atoms with Gasteiger partial charge in [-0.25, -0.2) is 9.78 Å². The lowest BCUT2D eigenvalue weighted by atomic mass is 9.67. The molecule has 0 radical (unpaired) electrons. The molecule has 1 spiro atoms. The van der Waals surface area contributed by atoms with E-state index in [4.69, 9.17) is 0 Å². The lowest BCUT2D eigenvalue weighted by molar-refractivity contribution is 0.0948. The van der Waals surface area contributed by atoms with Gasteiger partial charge in [0.1, 0.15) is 0 Å². The summed E-state index contributed by atoms with van der Waals surface area (Å²) in [6, 6.07) is 9.41. The van der Waals surface area contributed by atoms with Gasteiger partial charge in [0.15, 0.2) is 5.13 Å². The van der Waals surface area contributed by atoms with Crippen molar-refractivity contribution in [1.82, 2.24) is 14.8 Å². The Hall–Kier alpha value is -2.12. The highest BCUT2D eigenvalue weighted by Gasteiger charge is 2.43. The Labute approximate surface area is 195 Å². The molecule has 4 heterocycles. The number of likely N-dealkylation sites (tertiary alicyclic amines) is 1. The number of fused-ring (bicyclic) bond motifs is 2. The Balaban J connectivity index is 1.24. The number of para-hydroxylation sites is 1. The third kappa shape index (κ3) is 3.90. The van der Waals surface area contributed by atoms with Gasteiger partial charge in [-0.1, -0.05) is 18.2 Å². The molecule has 3 aliphatic rings. The second kappa shape index (κ2) is 8.67. The van der Waals surface area contributed by atoms with Crippen LogP contribution in [-0.2, 0) is 5.41 Å². The van der Waals surface area contributed by atoms with E-state index < -0.39 is 0 Å². The lowest BCUT2D eigenvalue weighted by Gasteiger charge is -2.50. The summed E-state index contributed by atoms with van der Waals surface area (Å²) in [5, 5.41) is 1.19. The van der Waals surface area contributed by atoms with Gasteiger partial charge in [-0.05, 0) is 63.7 Å². The number of anilines is 2. The first-order valence-corrected chi connectivity index (χ1v) is 12.8. The average molecular weight is 454 g/mol. The highest BCUT2D eigenvalue weighted by molar-refractivity contribution is 7.15. The second-order valence-corrected chi connectivity index (χ2v) is 11.1. The van der Waals surface area contributed by atoms with Crippen LogP contribution in [0.25, 0.3) is 0 Å². The largest absolute Gasteiger partial charge is 0.348 e. The summed E-state index contributed by atoms with van der Waals surface area (Å²) in [7, 11) is 3.68. The molecule has 172 valence electrons. The molecule has 0 N–H and O–H groups in total. The van der Waals surface area contributed by atoms with Crippen molar-refractivity contribution < 1.29 is 4.79 Å². The number of urea groups is 1. The first-order chi connectivity index (χ1) is 15.5. The lowest BCUT2D eigenvalue weighted by Crippen LogP contribution is -2.53. The van der Waals surface area contributed by atoms with Gasteiger partial charge in [0.25, 0.3) is 0 Å². The van der Waals surface area contributed by atoms with Crippen LogP contribution in [0.3, 0.4) is 0 Å². The molecule has 7 heteroatoms. The summed E-state index contributed by atoms with van der Waals surface area (Å²) >= 11 is 1.81. The number of piperidine rings is 2. The van der Waals surface area contributed by atoms with Gasteiger partial charge in [-0.2, -0.15) is 0 Å². The van der Waals surface area contributed by atoms with E-state index in [2.05, 4.69) is 46.0 Å². The zero-order valence-corrected chi connectivity index (χ0v) is 20.4. The number of aryl methyl sites for hydroxylation is 1. The van der Waals surface area contributed by atoms with Gasteiger partial charge in [0.05, 0.1) is 0 Å².